The molecule has 2 aromatic rings. The van der Waals surface area contributed by atoms with Crippen molar-refractivity contribution in [1.82, 2.24) is 10.2 Å². The van der Waals surface area contributed by atoms with Crippen molar-refractivity contribution in [2.75, 3.05) is 18.0 Å². The highest BCUT2D eigenvalue weighted by Crippen LogP contribution is 2.43. The molecule has 1 atom stereocenters. The largest absolute Gasteiger partial charge is 0.435 e. The average Bonchev–Trinajstić information content (AvgIpc) is 2.83. The van der Waals surface area contributed by atoms with Crippen LogP contribution in [0.25, 0.3) is 0 Å². The van der Waals surface area contributed by atoms with Crippen LogP contribution in [0.15, 0.2) is 42.5 Å². The summed E-state index contributed by atoms with van der Waals surface area (Å²) in [5.41, 5.74) is 0.283. The Hall–Kier alpha value is -2.11. The molecule has 1 aliphatic rings. The molecule has 0 radical (unpaired) electrons. The first kappa shape index (κ1) is 15.8. The molecule has 0 amide bonds. The van der Waals surface area contributed by atoms with Crippen LogP contribution in [0.4, 0.5) is 19.0 Å². The third kappa shape index (κ3) is 3.16. The van der Waals surface area contributed by atoms with Crippen molar-refractivity contribution in [1.29, 1.82) is 0 Å². The quantitative estimate of drug-likeness (QED) is 0.833. The van der Waals surface area contributed by atoms with Crippen LogP contribution in [-0.2, 0) is 6.18 Å². The summed E-state index contributed by atoms with van der Waals surface area (Å²) < 4.78 is 37.8. The highest BCUT2D eigenvalue weighted by molar-refractivity contribution is 5.43. The molecule has 0 aliphatic carbocycles. The molecule has 1 fully saturated rings. The van der Waals surface area contributed by atoms with E-state index in [4.69, 9.17) is 0 Å². The Labute approximate surface area is 133 Å². The minimum atomic E-state index is -4.46. The van der Waals surface area contributed by atoms with E-state index in [1.54, 1.807) is 0 Å². The summed E-state index contributed by atoms with van der Waals surface area (Å²) in [6.45, 7) is 5.79. The lowest BCUT2D eigenvalue weighted by molar-refractivity contribution is -0.141. The van der Waals surface area contributed by atoms with Crippen LogP contribution in [0, 0.1) is 5.41 Å². The Morgan fingerprint density at radius 1 is 1.04 bits per heavy atom. The fraction of sp³-hybridized carbons (Fsp3) is 0.412. The van der Waals surface area contributed by atoms with Gasteiger partial charge in [0.05, 0.1) is 0 Å². The van der Waals surface area contributed by atoms with Gasteiger partial charge in [0.25, 0.3) is 0 Å². The highest BCUT2D eigenvalue weighted by atomic mass is 19.4. The Morgan fingerprint density at radius 2 is 1.74 bits per heavy atom. The van der Waals surface area contributed by atoms with E-state index < -0.39 is 11.9 Å². The van der Waals surface area contributed by atoms with Crippen molar-refractivity contribution >= 4 is 5.82 Å². The Morgan fingerprint density at radius 3 is 2.30 bits per heavy atom. The molecule has 6 heteroatoms. The molecule has 1 aromatic carbocycles. The van der Waals surface area contributed by atoms with Gasteiger partial charge in [-0.05, 0) is 23.1 Å². The minimum Gasteiger partial charge on any atom is -0.354 e. The van der Waals surface area contributed by atoms with E-state index in [1.807, 2.05) is 23.1 Å². The summed E-state index contributed by atoms with van der Waals surface area (Å²) in [7, 11) is 0. The molecule has 1 aliphatic heterocycles. The van der Waals surface area contributed by atoms with Gasteiger partial charge in [0, 0.05) is 19.0 Å². The molecule has 3 nitrogen and oxygen atoms in total. The predicted octanol–water partition coefficient (Wildman–Crippen LogP) is 4.13. The van der Waals surface area contributed by atoms with Gasteiger partial charge in [-0.25, -0.2) is 0 Å². The SMILES string of the molecule is CC1(C)CN(c2ccc(C(F)(F)F)nn2)CC1c1ccccc1. The van der Waals surface area contributed by atoms with Gasteiger partial charge in [0.1, 0.15) is 0 Å². The maximum absolute atomic E-state index is 12.6. The number of benzene rings is 1. The van der Waals surface area contributed by atoms with Crippen LogP contribution < -0.4 is 4.90 Å². The molecule has 2 heterocycles. The first-order valence-electron chi connectivity index (χ1n) is 7.48. The third-order valence-electron chi connectivity index (χ3n) is 4.41. The summed E-state index contributed by atoms with van der Waals surface area (Å²) >= 11 is 0. The lowest BCUT2D eigenvalue weighted by Gasteiger charge is -2.25. The molecule has 0 saturated carbocycles. The number of nitrogens with zero attached hydrogens (tertiary/aromatic N) is 3. The maximum Gasteiger partial charge on any atom is 0.435 e. The van der Waals surface area contributed by atoms with E-state index in [-0.39, 0.29) is 5.41 Å². The summed E-state index contributed by atoms with van der Waals surface area (Å²) in [5, 5.41) is 7.10. The monoisotopic (exact) mass is 321 g/mol. The van der Waals surface area contributed by atoms with Crippen LogP contribution in [0.3, 0.4) is 0 Å². The van der Waals surface area contributed by atoms with Gasteiger partial charge in [0.2, 0.25) is 0 Å². The fourth-order valence-corrected chi connectivity index (χ4v) is 3.20. The van der Waals surface area contributed by atoms with Crippen molar-refractivity contribution < 1.29 is 13.2 Å². The minimum absolute atomic E-state index is 0.00569. The number of anilines is 1. The molecular weight excluding hydrogens is 303 g/mol. The van der Waals surface area contributed by atoms with E-state index in [9.17, 15) is 13.2 Å². The second-order valence-corrected chi connectivity index (χ2v) is 6.61. The highest BCUT2D eigenvalue weighted by Gasteiger charge is 2.41. The first-order valence-corrected chi connectivity index (χ1v) is 7.48. The first-order chi connectivity index (χ1) is 10.8. The zero-order chi connectivity index (χ0) is 16.7. The van der Waals surface area contributed by atoms with Gasteiger partial charge < -0.3 is 4.90 Å². The van der Waals surface area contributed by atoms with E-state index >= 15 is 0 Å². The van der Waals surface area contributed by atoms with Gasteiger partial charge in [-0.15, -0.1) is 10.2 Å². The zero-order valence-electron chi connectivity index (χ0n) is 13.0. The molecule has 0 bridgehead atoms. The predicted molar refractivity (Wildman–Crippen MR) is 82.2 cm³/mol. The van der Waals surface area contributed by atoms with Crippen LogP contribution in [0.2, 0.25) is 0 Å². The van der Waals surface area contributed by atoms with Crippen molar-refractivity contribution in [2.45, 2.75) is 25.9 Å². The topological polar surface area (TPSA) is 29.0 Å². The smallest absolute Gasteiger partial charge is 0.354 e. The Bertz CT molecular complexity index is 666. The van der Waals surface area contributed by atoms with Crippen LogP contribution >= 0.6 is 0 Å². The number of alkyl halides is 3. The molecule has 1 saturated heterocycles. The van der Waals surface area contributed by atoms with E-state index in [0.717, 1.165) is 19.2 Å². The lowest BCUT2D eigenvalue weighted by Crippen LogP contribution is -2.24. The molecule has 0 N–H and O–H groups in total. The number of aromatic nitrogens is 2. The van der Waals surface area contributed by atoms with Gasteiger partial charge in [0.15, 0.2) is 11.5 Å². The van der Waals surface area contributed by atoms with Crippen molar-refractivity contribution in [3.05, 3.63) is 53.7 Å². The molecule has 23 heavy (non-hydrogen) atoms. The molecule has 1 aromatic heterocycles. The summed E-state index contributed by atoms with van der Waals surface area (Å²) in [6.07, 6.45) is -4.46. The summed E-state index contributed by atoms with van der Waals surface area (Å²) in [4.78, 5) is 2.00. The van der Waals surface area contributed by atoms with Crippen molar-refractivity contribution in [2.24, 2.45) is 5.41 Å². The second kappa shape index (κ2) is 5.51. The van der Waals surface area contributed by atoms with Crippen LogP contribution in [-0.4, -0.2) is 23.3 Å². The lowest BCUT2D eigenvalue weighted by atomic mass is 9.78. The summed E-state index contributed by atoms with van der Waals surface area (Å²) in [5.74, 6) is 0.789. The normalized spacial score (nSPS) is 20.7. The van der Waals surface area contributed by atoms with Gasteiger partial charge in [-0.2, -0.15) is 13.2 Å². The van der Waals surface area contributed by atoms with Crippen LogP contribution in [0.5, 0.6) is 0 Å². The molecule has 0 spiro atoms. The molecular formula is C17H18F3N3. The summed E-state index contributed by atoms with van der Waals surface area (Å²) in [6, 6.07) is 12.6. The van der Waals surface area contributed by atoms with E-state index in [0.29, 0.717) is 11.7 Å². The van der Waals surface area contributed by atoms with Crippen LogP contribution in [0.1, 0.15) is 31.0 Å². The molecule has 122 valence electrons. The number of hydrogen-bond acceptors (Lipinski definition) is 3. The third-order valence-corrected chi connectivity index (χ3v) is 4.41. The van der Waals surface area contributed by atoms with Gasteiger partial charge in [-0.1, -0.05) is 44.2 Å². The Kier molecular flexibility index (Phi) is 3.78. The van der Waals surface area contributed by atoms with E-state index in [1.165, 1.54) is 11.6 Å². The number of rotatable bonds is 2. The molecule has 3 rings (SSSR count). The van der Waals surface area contributed by atoms with Crippen molar-refractivity contribution in [3.8, 4) is 0 Å². The van der Waals surface area contributed by atoms with E-state index in [2.05, 4.69) is 36.2 Å². The number of hydrogen-bond donors (Lipinski definition) is 0. The van der Waals surface area contributed by atoms with Crippen molar-refractivity contribution in [3.63, 3.8) is 0 Å². The Balaban J connectivity index is 1.83. The van der Waals surface area contributed by atoms with Gasteiger partial charge in [-0.3, -0.25) is 0 Å². The maximum atomic E-state index is 12.6. The average molecular weight is 321 g/mol. The number of halogens is 3. The fourth-order valence-electron chi connectivity index (χ4n) is 3.20. The standard InChI is InChI=1S/C17H18F3N3/c1-16(2)11-23(10-13(16)12-6-4-3-5-7-12)15-9-8-14(21-22-15)17(18,19)20/h3-9,13H,10-11H2,1-2H3. The molecule has 1 unspecified atom stereocenters. The van der Waals surface area contributed by atoms with Gasteiger partial charge >= 0.3 is 6.18 Å². The zero-order valence-corrected chi connectivity index (χ0v) is 13.0. The second-order valence-electron chi connectivity index (χ2n) is 6.61.